The number of hydrogen-bond donors (Lipinski definition) is 1. The fourth-order valence-electron chi connectivity index (χ4n) is 4.45. The van der Waals surface area contributed by atoms with E-state index in [0.717, 1.165) is 10.9 Å². The van der Waals surface area contributed by atoms with Crippen LogP contribution in [-0.2, 0) is 22.6 Å². The average molecular weight is 558 g/mol. The standard InChI is InChI=1S/C25H21F3N6O6/c1-13-20(21(35)14-4-6-15(38-3)7-5-14)17-9-8-16(39-25(26,27)28)10-18(17)33(13)11-19-30-32-34(31-19)12-24(2)22(36)29-23(37)40-24/h4-10H,11-12H2,1-3H3,(H,29,36,37)/t24-/m0/s1. The molecule has 1 aliphatic heterocycles. The first-order chi connectivity index (χ1) is 18.9. The van der Waals surface area contributed by atoms with Gasteiger partial charge >= 0.3 is 12.5 Å². The third-order valence-electron chi connectivity index (χ3n) is 6.36. The number of nitrogens with one attached hydrogen (secondary N) is 1. The number of amides is 2. The molecule has 1 N–H and O–H groups in total. The topological polar surface area (TPSA) is 139 Å². The summed E-state index contributed by atoms with van der Waals surface area (Å²) in [6, 6.07) is 10.1. The van der Waals surface area contributed by atoms with Gasteiger partial charge in [0.05, 0.1) is 24.7 Å². The Morgan fingerprint density at radius 2 is 1.82 bits per heavy atom. The summed E-state index contributed by atoms with van der Waals surface area (Å²) >= 11 is 0. The lowest BCUT2D eigenvalue weighted by Gasteiger charge is -2.17. The number of ketones is 1. The number of fused-ring (bicyclic) bond motifs is 1. The van der Waals surface area contributed by atoms with Crippen molar-refractivity contribution in [1.29, 1.82) is 0 Å². The number of aromatic nitrogens is 5. The van der Waals surface area contributed by atoms with Crippen molar-refractivity contribution in [3.63, 3.8) is 0 Å². The van der Waals surface area contributed by atoms with E-state index in [1.807, 2.05) is 5.32 Å². The molecule has 1 aliphatic rings. The van der Waals surface area contributed by atoms with Gasteiger partial charge < -0.3 is 18.8 Å². The van der Waals surface area contributed by atoms with Gasteiger partial charge in [0.15, 0.2) is 11.6 Å². The molecule has 0 bridgehead atoms. The quantitative estimate of drug-likeness (QED) is 0.323. The van der Waals surface area contributed by atoms with Gasteiger partial charge in [-0.2, -0.15) is 4.80 Å². The van der Waals surface area contributed by atoms with Gasteiger partial charge in [-0.1, -0.05) is 0 Å². The van der Waals surface area contributed by atoms with Gasteiger partial charge in [0, 0.05) is 22.7 Å². The minimum absolute atomic E-state index is 0.0869. The number of carbonyl (C=O) groups is 3. The number of ether oxygens (including phenoxy) is 3. The van der Waals surface area contributed by atoms with Crippen molar-refractivity contribution in [2.45, 2.75) is 38.9 Å². The maximum absolute atomic E-state index is 13.6. The minimum atomic E-state index is -4.92. The van der Waals surface area contributed by atoms with Gasteiger partial charge in [-0.25, -0.2) is 4.79 Å². The van der Waals surface area contributed by atoms with E-state index in [-0.39, 0.29) is 35.8 Å². The van der Waals surface area contributed by atoms with Crippen LogP contribution in [0.3, 0.4) is 0 Å². The lowest BCUT2D eigenvalue weighted by molar-refractivity contribution is -0.274. The highest BCUT2D eigenvalue weighted by molar-refractivity contribution is 6.17. The Labute approximate surface area is 223 Å². The van der Waals surface area contributed by atoms with Crippen LogP contribution >= 0.6 is 0 Å². The molecule has 1 fully saturated rings. The third-order valence-corrected chi connectivity index (χ3v) is 6.36. The van der Waals surface area contributed by atoms with Crippen LogP contribution < -0.4 is 14.8 Å². The van der Waals surface area contributed by atoms with Crippen LogP contribution in [-0.4, -0.2) is 61.6 Å². The van der Waals surface area contributed by atoms with Crippen molar-refractivity contribution in [3.05, 3.63) is 65.1 Å². The summed E-state index contributed by atoms with van der Waals surface area (Å²) in [5, 5.41) is 14.5. The second-order valence-electron chi connectivity index (χ2n) is 9.14. The molecule has 208 valence electrons. The Morgan fingerprint density at radius 1 is 1.12 bits per heavy atom. The van der Waals surface area contributed by atoms with Crippen LogP contribution in [0.5, 0.6) is 11.5 Å². The molecule has 1 saturated heterocycles. The molecule has 4 aromatic rings. The van der Waals surface area contributed by atoms with E-state index in [2.05, 4.69) is 20.1 Å². The van der Waals surface area contributed by atoms with Crippen molar-refractivity contribution in [2.75, 3.05) is 7.11 Å². The molecule has 0 spiro atoms. The third kappa shape index (κ3) is 5.04. The number of alkyl halides is 3. The van der Waals surface area contributed by atoms with Gasteiger partial charge in [-0.05, 0) is 55.5 Å². The molecule has 2 amide bonds. The summed E-state index contributed by atoms with van der Waals surface area (Å²) in [5.74, 6) is -0.813. The van der Waals surface area contributed by atoms with Crippen molar-refractivity contribution in [1.82, 2.24) is 30.1 Å². The van der Waals surface area contributed by atoms with Crippen LogP contribution in [0, 0.1) is 6.92 Å². The predicted octanol–water partition coefficient (Wildman–Crippen LogP) is 3.15. The zero-order chi connectivity index (χ0) is 28.8. The summed E-state index contributed by atoms with van der Waals surface area (Å²) < 4.78 is 54.7. The number of tetrazole rings is 1. The number of methoxy groups -OCH3 is 1. The molecule has 0 unspecified atom stereocenters. The van der Waals surface area contributed by atoms with Crippen LogP contribution in [0.2, 0.25) is 0 Å². The number of alkyl carbamates (subject to hydrolysis) is 1. The molecule has 1 atom stereocenters. The normalized spacial score (nSPS) is 17.1. The van der Waals surface area contributed by atoms with E-state index in [4.69, 9.17) is 9.47 Å². The van der Waals surface area contributed by atoms with E-state index < -0.39 is 29.7 Å². The van der Waals surface area contributed by atoms with Gasteiger partial charge in [0.2, 0.25) is 5.60 Å². The van der Waals surface area contributed by atoms with Gasteiger partial charge in [0.1, 0.15) is 18.0 Å². The van der Waals surface area contributed by atoms with E-state index in [0.29, 0.717) is 22.4 Å². The Morgan fingerprint density at radius 3 is 2.45 bits per heavy atom. The number of hydrogen-bond acceptors (Lipinski definition) is 9. The summed E-state index contributed by atoms with van der Waals surface area (Å²) in [7, 11) is 1.49. The van der Waals surface area contributed by atoms with E-state index in [1.165, 1.54) is 26.2 Å². The highest BCUT2D eigenvalue weighted by Gasteiger charge is 2.46. The van der Waals surface area contributed by atoms with Crippen molar-refractivity contribution in [3.8, 4) is 11.5 Å². The lowest BCUT2D eigenvalue weighted by atomic mass is 10.0. The van der Waals surface area contributed by atoms with Crippen molar-refractivity contribution < 1.29 is 41.8 Å². The average Bonchev–Trinajstić information content (AvgIpc) is 3.51. The fourth-order valence-corrected chi connectivity index (χ4v) is 4.45. The number of cyclic esters (lactones) is 1. The van der Waals surface area contributed by atoms with E-state index >= 15 is 0 Å². The Kier molecular flexibility index (Phi) is 6.44. The molecule has 15 heteroatoms. The Hall–Kier alpha value is -4.95. The summed E-state index contributed by atoms with van der Waals surface area (Å²) in [6.45, 7) is 2.72. The summed E-state index contributed by atoms with van der Waals surface area (Å²) in [4.78, 5) is 38.1. The second kappa shape index (κ2) is 9.66. The predicted molar refractivity (Wildman–Crippen MR) is 130 cm³/mol. The lowest BCUT2D eigenvalue weighted by Crippen LogP contribution is -2.40. The second-order valence-corrected chi connectivity index (χ2v) is 9.14. The largest absolute Gasteiger partial charge is 0.573 e. The number of carbonyl (C=O) groups excluding carboxylic acids is 3. The van der Waals surface area contributed by atoms with Crippen LogP contribution in [0.25, 0.3) is 10.9 Å². The highest BCUT2D eigenvalue weighted by Crippen LogP contribution is 2.33. The molecule has 2 aromatic heterocycles. The minimum Gasteiger partial charge on any atom is -0.497 e. The van der Waals surface area contributed by atoms with Gasteiger partial charge in [-0.3, -0.25) is 14.9 Å². The Bertz CT molecular complexity index is 1650. The molecule has 0 radical (unpaired) electrons. The SMILES string of the molecule is COc1ccc(C(=O)c2c(C)n(Cc3nnn(C[C@]4(C)OC(=O)NC4=O)n3)c3cc(OC(F)(F)F)ccc23)cc1. The first-order valence-corrected chi connectivity index (χ1v) is 11.8. The highest BCUT2D eigenvalue weighted by atomic mass is 19.4. The van der Waals surface area contributed by atoms with Crippen LogP contribution in [0.4, 0.5) is 18.0 Å². The molecular weight excluding hydrogens is 537 g/mol. The molecule has 0 aliphatic carbocycles. The first kappa shape index (κ1) is 26.6. The van der Waals surface area contributed by atoms with Crippen molar-refractivity contribution in [2.24, 2.45) is 0 Å². The molecule has 5 rings (SSSR count). The van der Waals surface area contributed by atoms with Gasteiger partial charge in [0.25, 0.3) is 5.91 Å². The van der Waals surface area contributed by atoms with Crippen LogP contribution in [0.15, 0.2) is 42.5 Å². The molecule has 3 heterocycles. The smallest absolute Gasteiger partial charge is 0.497 e. The zero-order valence-electron chi connectivity index (χ0n) is 21.3. The Balaban J connectivity index is 1.53. The summed E-state index contributed by atoms with van der Waals surface area (Å²) in [5.41, 5.74) is -0.225. The van der Waals surface area contributed by atoms with Crippen LogP contribution in [0.1, 0.15) is 34.4 Å². The molecule has 40 heavy (non-hydrogen) atoms. The maximum atomic E-state index is 13.6. The number of imide groups is 1. The monoisotopic (exact) mass is 558 g/mol. The number of nitrogens with zero attached hydrogens (tertiary/aromatic N) is 5. The molecular formula is C25H21F3N6O6. The summed E-state index contributed by atoms with van der Waals surface area (Å²) in [6.07, 6.45) is -5.81. The van der Waals surface area contributed by atoms with E-state index in [1.54, 1.807) is 35.8 Å². The van der Waals surface area contributed by atoms with Gasteiger partial charge in [-0.15, -0.1) is 23.4 Å². The maximum Gasteiger partial charge on any atom is 0.573 e. The first-order valence-electron chi connectivity index (χ1n) is 11.8. The molecule has 0 saturated carbocycles. The van der Waals surface area contributed by atoms with Crippen molar-refractivity contribution >= 4 is 28.7 Å². The van der Waals surface area contributed by atoms with E-state index in [9.17, 15) is 27.6 Å². The number of benzene rings is 2. The fraction of sp³-hybridized carbons (Fsp3) is 0.280. The molecule has 12 nitrogen and oxygen atoms in total. The number of halogens is 3. The zero-order valence-corrected chi connectivity index (χ0v) is 21.3. The number of rotatable bonds is 8. The molecule has 2 aromatic carbocycles.